The normalized spacial score (nSPS) is 46.8. The van der Waals surface area contributed by atoms with Gasteiger partial charge in [0.15, 0.2) is 6.29 Å². The van der Waals surface area contributed by atoms with E-state index in [9.17, 15) is 39.8 Å². The molecule has 2 heterocycles. The Morgan fingerprint density at radius 1 is 1.00 bits per heavy atom. The topological polar surface area (TPSA) is 178 Å². The second-order valence-electron chi connectivity index (χ2n) is 6.22. The van der Waals surface area contributed by atoms with Crippen LogP contribution in [0, 0.1) is 0 Å². The molecule has 2 aliphatic rings. The number of hydrogen-bond donors (Lipinski definition) is 7. The lowest BCUT2D eigenvalue weighted by Crippen LogP contribution is -2.67. The highest BCUT2D eigenvalue weighted by atomic mass is 19.1. The maximum Gasteiger partial charge on any atom is 0.222 e. The Labute approximate surface area is 147 Å². The van der Waals surface area contributed by atoms with Crippen molar-refractivity contribution in [1.29, 1.82) is 0 Å². The third kappa shape index (κ3) is 4.30. The minimum Gasteiger partial charge on any atom is -0.394 e. The molecule has 6 unspecified atom stereocenters. The number of carbonyl (C=O) groups excluding carboxylic acids is 1. The Hall–Kier alpha value is -0.960. The average Bonchev–Trinajstić information content (AvgIpc) is 2.60. The Morgan fingerprint density at radius 3 is 2.12 bits per heavy atom. The quantitative estimate of drug-likeness (QED) is 0.245. The molecule has 26 heavy (non-hydrogen) atoms. The van der Waals surface area contributed by atoms with E-state index in [4.69, 9.17) is 14.2 Å². The number of amides is 1. The molecule has 0 saturated carbocycles. The van der Waals surface area contributed by atoms with Crippen molar-refractivity contribution >= 4 is 5.91 Å². The van der Waals surface area contributed by atoms with E-state index in [2.05, 4.69) is 5.32 Å². The van der Waals surface area contributed by atoms with Gasteiger partial charge in [-0.15, -0.1) is 0 Å². The summed E-state index contributed by atoms with van der Waals surface area (Å²) < 4.78 is 29.6. The monoisotopic (exact) mass is 385 g/mol. The number of ether oxygens (including phenoxy) is 3. The largest absolute Gasteiger partial charge is 0.394 e. The lowest BCUT2D eigenvalue weighted by atomic mass is 9.96. The van der Waals surface area contributed by atoms with Crippen LogP contribution in [0.2, 0.25) is 0 Å². The van der Waals surface area contributed by atoms with Crippen molar-refractivity contribution in [1.82, 2.24) is 5.32 Å². The standard InChI is InChI=1S/C14H24FNO10/c1-4(19)16-7-12(9(21)6(3-18)24-13(7)15)26-14-11(23)10(22)8(20)5(2-17)25-14/h5-14,17-18,20-23H,2-3H2,1H3,(H,16,19)/t5?,6?,7?,8-,9+,10?,11?,12?,13+,14-/m0/s1. The molecule has 2 saturated heterocycles. The molecule has 2 aliphatic heterocycles. The molecule has 2 fully saturated rings. The number of carbonyl (C=O) groups is 1. The molecule has 7 N–H and O–H groups in total. The van der Waals surface area contributed by atoms with E-state index in [1.807, 2.05) is 0 Å². The summed E-state index contributed by atoms with van der Waals surface area (Å²) in [7, 11) is 0. The predicted octanol–water partition coefficient (Wildman–Crippen LogP) is -4.28. The Bertz CT molecular complexity index is 483. The number of halogens is 1. The molecule has 0 aromatic rings. The first kappa shape index (κ1) is 21.3. The van der Waals surface area contributed by atoms with E-state index >= 15 is 0 Å². The van der Waals surface area contributed by atoms with Crippen LogP contribution in [0.3, 0.4) is 0 Å². The van der Waals surface area contributed by atoms with Crippen LogP contribution < -0.4 is 5.32 Å². The molecule has 152 valence electrons. The van der Waals surface area contributed by atoms with Crippen molar-refractivity contribution in [3.05, 3.63) is 0 Å². The molecule has 0 spiro atoms. The van der Waals surface area contributed by atoms with Gasteiger partial charge in [0.25, 0.3) is 0 Å². The molecule has 10 atom stereocenters. The van der Waals surface area contributed by atoms with Gasteiger partial charge in [0.1, 0.15) is 48.8 Å². The van der Waals surface area contributed by atoms with Crippen LogP contribution in [0.4, 0.5) is 4.39 Å². The number of aliphatic hydroxyl groups is 6. The van der Waals surface area contributed by atoms with E-state index < -0.39 is 80.5 Å². The third-order valence-corrected chi connectivity index (χ3v) is 4.35. The SMILES string of the molecule is CC(=O)NC1C(O[C@@H]2OC(CO)[C@H](O)C(O)C2O)[C@H](O)C(CO)O[C@H]1F. The maximum absolute atomic E-state index is 14.2. The summed E-state index contributed by atoms with van der Waals surface area (Å²) in [6.45, 7) is -0.355. The van der Waals surface area contributed by atoms with Crippen LogP contribution in [0.1, 0.15) is 6.92 Å². The van der Waals surface area contributed by atoms with Crippen molar-refractivity contribution in [3.8, 4) is 0 Å². The Morgan fingerprint density at radius 2 is 1.58 bits per heavy atom. The van der Waals surface area contributed by atoms with Crippen LogP contribution in [0.15, 0.2) is 0 Å². The molecule has 0 bridgehead atoms. The first-order chi connectivity index (χ1) is 12.2. The molecule has 0 aliphatic carbocycles. The number of nitrogens with one attached hydrogen (secondary N) is 1. The molecule has 2 rings (SSSR count). The fourth-order valence-electron chi connectivity index (χ4n) is 2.94. The fraction of sp³-hybridized carbons (Fsp3) is 0.929. The van der Waals surface area contributed by atoms with Crippen molar-refractivity contribution in [2.24, 2.45) is 0 Å². The van der Waals surface area contributed by atoms with Gasteiger partial charge in [-0.25, -0.2) is 4.39 Å². The first-order valence-corrected chi connectivity index (χ1v) is 8.02. The number of rotatable bonds is 5. The minimum atomic E-state index is -2.14. The molecular formula is C14H24FNO10. The molecular weight excluding hydrogens is 361 g/mol. The summed E-state index contributed by atoms with van der Waals surface area (Å²) >= 11 is 0. The van der Waals surface area contributed by atoms with E-state index in [1.54, 1.807) is 0 Å². The van der Waals surface area contributed by atoms with Gasteiger partial charge < -0.3 is 50.2 Å². The second kappa shape index (κ2) is 8.82. The molecule has 0 aromatic carbocycles. The van der Waals surface area contributed by atoms with Crippen molar-refractivity contribution in [2.75, 3.05) is 13.2 Å². The zero-order valence-corrected chi connectivity index (χ0v) is 13.9. The van der Waals surface area contributed by atoms with Crippen LogP contribution >= 0.6 is 0 Å². The van der Waals surface area contributed by atoms with Gasteiger partial charge in [-0.3, -0.25) is 4.79 Å². The Balaban J connectivity index is 2.21. The summed E-state index contributed by atoms with van der Waals surface area (Å²) in [5.41, 5.74) is 0. The van der Waals surface area contributed by atoms with Crippen LogP contribution in [0.25, 0.3) is 0 Å². The van der Waals surface area contributed by atoms with Crippen LogP contribution in [-0.2, 0) is 19.0 Å². The molecule has 11 nitrogen and oxygen atoms in total. The van der Waals surface area contributed by atoms with E-state index in [1.165, 1.54) is 0 Å². The van der Waals surface area contributed by atoms with Crippen LogP contribution in [0.5, 0.6) is 0 Å². The highest BCUT2D eigenvalue weighted by Crippen LogP contribution is 2.29. The highest BCUT2D eigenvalue weighted by Gasteiger charge is 2.51. The molecule has 1 amide bonds. The first-order valence-electron chi connectivity index (χ1n) is 8.02. The summed E-state index contributed by atoms with van der Waals surface area (Å²) in [6.07, 6.45) is -14.7. The lowest BCUT2D eigenvalue weighted by Gasteiger charge is -2.46. The maximum atomic E-state index is 14.2. The summed E-state index contributed by atoms with van der Waals surface area (Å²) in [5.74, 6) is -0.654. The van der Waals surface area contributed by atoms with E-state index in [0.29, 0.717) is 0 Å². The van der Waals surface area contributed by atoms with Gasteiger partial charge in [-0.1, -0.05) is 0 Å². The second-order valence-corrected chi connectivity index (χ2v) is 6.22. The van der Waals surface area contributed by atoms with Gasteiger partial charge in [-0.05, 0) is 0 Å². The molecule has 0 aromatic heterocycles. The highest BCUT2D eigenvalue weighted by molar-refractivity contribution is 5.73. The van der Waals surface area contributed by atoms with Crippen molar-refractivity contribution in [2.45, 2.75) is 68.3 Å². The molecule has 0 radical (unpaired) electrons. The third-order valence-electron chi connectivity index (χ3n) is 4.35. The van der Waals surface area contributed by atoms with Gasteiger partial charge in [0, 0.05) is 6.92 Å². The summed E-state index contributed by atoms with van der Waals surface area (Å²) in [5, 5.41) is 60.4. The number of aliphatic hydroxyl groups excluding tert-OH is 6. The van der Waals surface area contributed by atoms with Gasteiger partial charge in [0.05, 0.1) is 13.2 Å². The van der Waals surface area contributed by atoms with Crippen LogP contribution in [-0.4, -0.2) is 111 Å². The minimum absolute atomic E-state index is 0.654. The lowest BCUT2D eigenvalue weighted by molar-refractivity contribution is -0.337. The zero-order chi connectivity index (χ0) is 19.6. The fourth-order valence-corrected chi connectivity index (χ4v) is 2.94. The number of hydrogen-bond acceptors (Lipinski definition) is 10. The predicted molar refractivity (Wildman–Crippen MR) is 79.1 cm³/mol. The average molecular weight is 385 g/mol. The van der Waals surface area contributed by atoms with Gasteiger partial charge >= 0.3 is 0 Å². The van der Waals surface area contributed by atoms with Gasteiger partial charge in [0.2, 0.25) is 12.3 Å². The van der Waals surface area contributed by atoms with E-state index in [-0.39, 0.29) is 0 Å². The van der Waals surface area contributed by atoms with Crippen molar-refractivity contribution < 1.29 is 54.0 Å². The summed E-state index contributed by atoms with van der Waals surface area (Å²) in [6, 6.07) is -1.50. The smallest absolute Gasteiger partial charge is 0.222 e. The Kier molecular flexibility index (Phi) is 7.24. The van der Waals surface area contributed by atoms with Gasteiger partial charge in [-0.2, -0.15) is 0 Å². The summed E-state index contributed by atoms with van der Waals surface area (Å²) in [4.78, 5) is 11.3. The van der Waals surface area contributed by atoms with E-state index in [0.717, 1.165) is 6.92 Å². The van der Waals surface area contributed by atoms with Crippen molar-refractivity contribution in [3.63, 3.8) is 0 Å². The zero-order valence-electron chi connectivity index (χ0n) is 13.9. The number of alkyl halides is 1. The molecule has 12 heteroatoms.